The van der Waals surface area contributed by atoms with Gasteiger partial charge >= 0.3 is 0 Å². The van der Waals surface area contributed by atoms with Crippen LogP contribution in [0.4, 0.5) is 0 Å². The van der Waals surface area contributed by atoms with Crippen LogP contribution in [0.25, 0.3) is 10.8 Å². The van der Waals surface area contributed by atoms with Gasteiger partial charge in [0, 0.05) is 30.6 Å². The van der Waals surface area contributed by atoms with Crippen molar-refractivity contribution in [3.63, 3.8) is 0 Å². The molecule has 144 valence electrons. The van der Waals surface area contributed by atoms with Crippen molar-refractivity contribution in [2.24, 2.45) is 5.92 Å². The fraction of sp³-hybridized carbons (Fsp3) is 0.348. The monoisotopic (exact) mass is 376 g/mol. The highest BCUT2D eigenvalue weighted by atomic mass is 16.5. The van der Waals surface area contributed by atoms with Crippen LogP contribution in [0.15, 0.2) is 53.1 Å². The number of benzene rings is 2. The summed E-state index contributed by atoms with van der Waals surface area (Å²) in [6.07, 6.45) is 1.60. The zero-order valence-corrected chi connectivity index (χ0v) is 16.2. The molecular formula is C23H24N2O3. The Balaban J connectivity index is 1.50. The molecule has 0 bridgehead atoms. The summed E-state index contributed by atoms with van der Waals surface area (Å²) in [5, 5.41) is 6.14. The largest absolute Gasteiger partial charge is 0.351 e. The minimum absolute atomic E-state index is 0.101. The summed E-state index contributed by atoms with van der Waals surface area (Å²) in [6, 6.07) is 15.5. The van der Waals surface area contributed by atoms with Gasteiger partial charge in [0.05, 0.1) is 5.69 Å². The van der Waals surface area contributed by atoms with Gasteiger partial charge in [-0.15, -0.1) is 0 Å². The maximum absolute atomic E-state index is 13.1. The van der Waals surface area contributed by atoms with Gasteiger partial charge in [0.15, 0.2) is 5.78 Å². The lowest BCUT2D eigenvalue weighted by Crippen LogP contribution is -2.42. The molecular weight excluding hydrogens is 352 g/mol. The number of likely N-dealkylation sites (tertiary alicyclic amines) is 1. The van der Waals surface area contributed by atoms with Gasteiger partial charge in [-0.1, -0.05) is 55.4 Å². The molecule has 4 rings (SSSR count). The maximum atomic E-state index is 13.1. The SMILES string of the molecule is CC(C)c1cc(C(=O)N2CCC[C@@H](C(=O)c3ccc4ccccc4c3)C2)on1. The number of carbonyl (C=O) groups is 2. The van der Waals surface area contributed by atoms with E-state index in [1.165, 1.54) is 0 Å². The Kier molecular flexibility index (Phi) is 4.99. The first-order valence-electron chi connectivity index (χ1n) is 9.82. The van der Waals surface area contributed by atoms with Crippen molar-refractivity contribution in [3.05, 3.63) is 65.5 Å². The number of carbonyl (C=O) groups excluding carboxylic acids is 2. The molecule has 0 aliphatic carbocycles. The summed E-state index contributed by atoms with van der Waals surface area (Å²) in [6.45, 7) is 5.07. The minimum Gasteiger partial charge on any atom is -0.351 e. The van der Waals surface area contributed by atoms with E-state index in [4.69, 9.17) is 4.52 Å². The Bertz CT molecular complexity index is 1020. The van der Waals surface area contributed by atoms with Crippen LogP contribution in [-0.4, -0.2) is 34.8 Å². The van der Waals surface area contributed by atoms with E-state index in [0.29, 0.717) is 18.7 Å². The van der Waals surface area contributed by atoms with Gasteiger partial charge in [0.2, 0.25) is 5.76 Å². The third kappa shape index (κ3) is 3.57. The van der Waals surface area contributed by atoms with E-state index in [9.17, 15) is 9.59 Å². The average molecular weight is 376 g/mol. The van der Waals surface area contributed by atoms with Crippen LogP contribution >= 0.6 is 0 Å². The highest BCUT2D eigenvalue weighted by Crippen LogP contribution is 2.25. The molecule has 0 N–H and O–H groups in total. The fourth-order valence-corrected chi connectivity index (χ4v) is 3.77. The molecule has 1 fully saturated rings. The van der Waals surface area contributed by atoms with Crippen LogP contribution in [0.2, 0.25) is 0 Å². The summed E-state index contributed by atoms with van der Waals surface area (Å²) < 4.78 is 5.24. The first-order valence-corrected chi connectivity index (χ1v) is 9.82. The molecule has 0 spiro atoms. The molecule has 5 heteroatoms. The number of nitrogens with zero attached hydrogens (tertiary/aromatic N) is 2. The van der Waals surface area contributed by atoms with Gasteiger partial charge < -0.3 is 9.42 Å². The van der Waals surface area contributed by atoms with Crippen LogP contribution in [0.5, 0.6) is 0 Å². The number of aromatic nitrogens is 1. The summed E-state index contributed by atoms with van der Waals surface area (Å²) >= 11 is 0. The van der Waals surface area contributed by atoms with Gasteiger partial charge in [-0.3, -0.25) is 9.59 Å². The third-order valence-electron chi connectivity index (χ3n) is 5.44. The fourth-order valence-electron chi connectivity index (χ4n) is 3.77. The first kappa shape index (κ1) is 18.4. The van der Waals surface area contributed by atoms with Crippen molar-refractivity contribution in [1.29, 1.82) is 0 Å². The lowest BCUT2D eigenvalue weighted by atomic mass is 9.89. The topological polar surface area (TPSA) is 63.4 Å². The summed E-state index contributed by atoms with van der Waals surface area (Å²) in [4.78, 5) is 27.6. The lowest BCUT2D eigenvalue weighted by Gasteiger charge is -2.31. The normalized spacial score (nSPS) is 17.2. The Morgan fingerprint density at radius 2 is 1.89 bits per heavy atom. The quantitative estimate of drug-likeness (QED) is 0.620. The Morgan fingerprint density at radius 3 is 2.64 bits per heavy atom. The van der Waals surface area contributed by atoms with Crippen LogP contribution < -0.4 is 0 Å². The Hall–Kier alpha value is -2.95. The predicted molar refractivity (Wildman–Crippen MR) is 107 cm³/mol. The predicted octanol–water partition coefficient (Wildman–Crippen LogP) is 4.69. The highest BCUT2D eigenvalue weighted by Gasteiger charge is 2.31. The number of amides is 1. The van der Waals surface area contributed by atoms with E-state index in [-0.39, 0.29) is 29.3 Å². The second-order valence-electron chi connectivity index (χ2n) is 7.79. The first-order chi connectivity index (χ1) is 13.5. The van der Waals surface area contributed by atoms with E-state index < -0.39 is 0 Å². The summed E-state index contributed by atoms with van der Waals surface area (Å²) in [5.41, 5.74) is 1.48. The maximum Gasteiger partial charge on any atom is 0.292 e. The van der Waals surface area contributed by atoms with Gasteiger partial charge in [-0.25, -0.2) is 0 Å². The number of fused-ring (bicyclic) bond motifs is 1. The number of ketones is 1. The highest BCUT2D eigenvalue weighted by molar-refractivity contribution is 6.02. The van der Waals surface area contributed by atoms with Crippen molar-refractivity contribution in [2.45, 2.75) is 32.6 Å². The molecule has 1 amide bonds. The zero-order valence-electron chi connectivity index (χ0n) is 16.2. The van der Waals surface area contributed by atoms with Gasteiger partial charge in [-0.05, 0) is 35.6 Å². The molecule has 1 aromatic heterocycles. The van der Waals surface area contributed by atoms with Crippen molar-refractivity contribution in [2.75, 3.05) is 13.1 Å². The number of rotatable bonds is 4. The van der Waals surface area contributed by atoms with Crippen molar-refractivity contribution in [3.8, 4) is 0 Å². The molecule has 2 heterocycles. The molecule has 5 nitrogen and oxygen atoms in total. The molecule has 0 radical (unpaired) electrons. The number of hydrogen-bond donors (Lipinski definition) is 0. The number of piperidine rings is 1. The minimum atomic E-state index is -0.189. The Morgan fingerprint density at radius 1 is 1.11 bits per heavy atom. The molecule has 1 aliphatic rings. The second kappa shape index (κ2) is 7.58. The van der Waals surface area contributed by atoms with Gasteiger partial charge in [0.25, 0.3) is 5.91 Å². The zero-order chi connectivity index (χ0) is 19.7. The average Bonchev–Trinajstić information content (AvgIpc) is 3.23. The smallest absolute Gasteiger partial charge is 0.292 e. The molecule has 1 atom stereocenters. The van der Waals surface area contributed by atoms with Crippen LogP contribution in [0, 0.1) is 5.92 Å². The molecule has 2 aromatic carbocycles. The van der Waals surface area contributed by atoms with E-state index in [0.717, 1.165) is 29.3 Å². The van der Waals surface area contributed by atoms with E-state index in [2.05, 4.69) is 5.16 Å². The van der Waals surface area contributed by atoms with E-state index >= 15 is 0 Å². The molecule has 0 unspecified atom stereocenters. The second-order valence-corrected chi connectivity index (χ2v) is 7.79. The van der Waals surface area contributed by atoms with E-state index in [1.807, 2.05) is 56.3 Å². The van der Waals surface area contributed by atoms with Crippen molar-refractivity contribution in [1.82, 2.24) is 10.1 Å². The summed E-state index contributed by atoms with van der Waals surface area (Å²) in [7, 11) is 0. The van der Waals surface area contributed by atoms with Crippen molar-refractivity contribution >= 4 is 22.5 Å². The molecule has 0 saturated carbocycles. The standard InChI is InChI=1S/C23H24N2O3/c1-15(2)20-13-21(28-24-20)23(27)25-11-5-8-19(14-25)22(26)18-10-9-16-6-3-4-7-17(16)12-18/h3-4,6-7,9-10,12-13,15,19H,5,8,11,14H2,1-2H3/t19-/m1/s1. The Labute approximate surface area is 164 Å². The summed E-state index contributed by atoms with van der Waals surface area (Å²) in [5.74, 6) is 0.182. The van der Waals surface area contributed by atoms with Crippen LogP contribution in [0.1, 0.15) is 59.2 Å². The van der Waals surface area contributed by atoms with Crippen LogP contribution in [-0.2, 0) is 0 Å². The lowest BCUT2D eigenvalue weighted by molar-refractivity contribution is 0.0602. The van der Waals surface area contributed by atoms with Crippen molar-refractivity contribution < 1.29 is 14.1 Å². The third-order valence-corrected chi connectivity index (χ3v) is 5.44. The van der Waals surface area contributed by atoms with E-state index in [1.54, 1.807) is 11.0 Å². The van der Waals surface area contributed by atoms with Gasteiger partial charge in [-0.2, -0.15) is 0 Å². The van der Waals surface area contributed by atoms with Crippen LogP contribution in [0.3, 0.4) is 0 Å². The molecule has 3 aromatic rings. The molecule has 1 saturated heterocycles. The molecule has 28 heavy (non-hydrogen) atoms. The van der Waals surface area contributed by atoms with Gasteiger partial charge in [0.1, 0.15) is 0 Å². The number of Topliss-reactive ketones (excluding diaryl/α,β-unsaturated/α-hetero) is 1. The number of hydrogen-bond acceptors (Lipinski definition) is 4. The molecule has 1 aliphatic heterocycles.